The average Bonchev–Trinajstić information content (AvgIpc) is 2.64. The highest BCUT2D eigenvalue weighted by Gasteiger charge is 2.16. The Morgan fingerprint density at radius 2 is 1.25 bits per heavy atom. The molecule has 3 heteroatoms. The normalized spacial score (nSPS) is 10.0. The predicted molar refractivity (Wildman–Crippen MR) is 112 cm³/mol. The van der Waals surface area contributed by atoms with E-state index in [0.717, 1.165) is 11.5 Å². The molecule has 0 saturated heterocycles. The first kappa shape index (κ1) is 18.6. The maximum Gasteiger partial charge on any atom is 0.235 e. The van der Waals surface area contributed by atoms with Crippen LogP contribution in [-0.4, -0.2) is 19.6 Å². The van der Waals surface area contributed by atoms with E-state index in [1.54, 1.807) is 23.5 Å². The lowest BCUT2D eigenvalue weighted by molar-refractivity contribution is 1.46. The average molecular weight is 365 g/mol. The summed E-state index contributed by atoms with van der Waals surface area (Å²) in [5, 5.41) is 0. The monoisotopic (exact) mass is 364 g/mol. The second-order valence-corrected chi connectivity index (χ2v) is 10.6. The number of thioether (sulfide) groups is 2. The summed E-state index contributed by atoms with van der Waals surface area (Å²) in [7, 11) is -1.98. The lowest BCUT2D eigenvalue weighted by Gasteiger charge is -2.05. The van der Waals surface area contributed by atoms with Crippen molar-refractivity contribution in [3.8, 4) is 22.9 Å². The third kappa shape index (κ3) is 6.77. The van der Waals surface area contributed by atoms with Gasteiger partial charge in [-0.15, -0.1) is 41.2 Å². The van der Waals surface area contributed by atoms with Gasteiger partial charge in [0.1, 0.15) is 0 Å². The Morgan fingerprint density at radius 1 is 0.833 bits per heavy atom. The fourth-order valence-electron chi connectivity index (χ4n) is 1.84. The Morgan fingerprint density at radius 3 is 1.62 bits per heavy atom. The third-order valence-corrected chi connectivity index (χ3v) is 7.21. The zero-order chi connectivity index (χ0) is 17.1. The topological polar surface area (TPSA) is 0 Å². The molecular weight excluding hydrogens is 344 g/mol. The Hall–Kier alpha value is -1.78. The molecule has 0 heterocycles. The lowest BCUT2D eigenvalue weighted by Crippen LogP contribution is -2.23. The van der Waals surface area contributed by atoms with Crippen molar-refractivity contribution in [2.24, 2.45) is 0 Å². The van der Waals surface area contributed by atoms with Crippen LogP contribution in [0, 0.1) is 22.9 Å². The number of hydrogen-bond donors (Lipinski definition) is 0. The van der Waals surface area contributed by atoms with Crippen molar-refractivity contribution in [1.82, 2.24) is 0 Å². The van der Waals surface area contributed by atoms with E-state index in [2.05, 4.69) is 60.3 Å². The summed E-state index contributed by atoms with van der Waals surface area (Å²) in [5.74, 6) is 8.14. The van der Waals surface area contributed by atoms with Crippen molar-refractivity contribution in [2.75, 3.05) is 11.5 Å². The van der Waals surface area contributed by atoms with E-state index in [1.165, 1.54) is 9.79 Å². The summed E-state index contributed by atoms with van der Waals surface area (Å²) in [6.45, 7) is 6.10. The molecule has 0 aliphatic carbocycles. The standard InChI is InChI=1S/C21H20S2Si/c1-3-24(2,18-10-16-22-20-12-6-4-7-13-20)19-11-17-23-21-14-8-5-9-15-21/h3-9,12-15H,1,16-17H2,2H3. The highest BCUT2D eigenvalue weighted by molar-refractivity contribution is 7.99. The van der Waals surface area contributed by atoms with Crippen LogP contribution in [0.4, 0.5) is 0 Å². The molecule has 2 aromatic carbocycles. The van der Waals surface area contributed by atoms with Gasteiger partial charge in [-0.3, -0.25) is 0 Å². The molecule has 0 amide bonds. The molecule has 24 heavy (non-hydrogen) atoms. The zero-order valence-corrected chi connectivity index (χ0v) is 16.4. The van der Waals surface area contributed by atoms with Crippen molar-refractivity contribution < 1.29 is 0 Å². The van der Waals surface area contributed by atoms with Gasteiger partial charge in [0.25, 0.3) is 0 Å². The highest BCUT2D eigenvalue weighted by atomic mass is 32.2. The maximum atomic E-state index is 3.95. The highest BCUT2D eigenvalue weighted by Crippen LogP contribution is 2.17. The van der Waals surface area contributed by atoms with Gasteiger partial charge in [-0.1, -0.05) is 53.9 Å². The smallest absolute Gasteiger partial charge is 0.113 e. The van der Waals surface area contributed by atoms with Crippen molar-refractivity contribution >= 4 is 31.6 Å². The first-order valence-electron chi connectivity index (χ1n) is 7.71. The van der Waals surface area contributed by atoms with Gasteiger partial charge in [0.05, 0.1) is 11.5 Å². The minimum absolute atomic E-state index is 0.793. The summed E-state index contributed by atoms with van der Waals surface area (Å²) in [4.78, 5) is 2.50. The van der Waals surface area contributed by atoms with Gasteiger partial charge in [-0.2, -0.15) is 0 Å². The van der Waals surface area contributed by atoms with E-state index in [-0.39, 0.29) is 0 Å². The van der Waals surface area contributed by atoms with Crippen LogP contribution in [0.15, 0.2) is 82.7 Å². The number of rotatable bonds is 5. The number of benzene rings is 2. The first-order chi connectivity index (χ1) is 11.7. The molecule has 0 fully saturated rings. The summed E-state index contributed by atoms with van der Waals surface area (Å²) >= 11 is 3.52. The van der Waals surface area contributed by atoms with Crippen LogP contribution in [-0.2, 0) is 0 Å². The third-order valence-electron chi connectivity index (χ3n) is 3.21. The van der Waals surface area contributed by atoms with Gasteiger partial charge < -0.3 is 0 Å². The van der Waals surface area contributed by atoms with Crippen LogP contribution in [0.3, 0.4) is 0 Å². The van der Waals surface area contributed by atoms with Gasteiger partial charge in [-0.25, -0.2) is 0 Å². The van der Waals surface area contributed by atoms with E-state index in [0.29, 0.717) is 0 Å². The fraction of sp³-hybridized carbons (Fsp3) is 0.143. The maximum absolute atomic E-state index is 3.95. The molecule has 0 unspecified atom stereocenters. The van der Waals surface area contributed by atoms with E-state index >= 15 is 0 Å². The molecule has 0 N–H and O–H groups in total. The van der Waals surface area contributed by atoms with Crippen LogP contribution in [0.1, 0.15) is 0 Å². The van der Waals surface area contributed by atoms with E-state index in [1.807, 2.05) is 42.1 Å². The summed E-state index contributed by atoms with van der Waals surface area (Å²) < 4.78 is 0. The molecule has 2 rings (SSSR count). The molecule has 0 saturated carbocycles. The van der Waals surface area contributed by atoms with Crippen LogP contribution < -0.4 is 0 Å². The second-order valence-electron chi connectivity index (χ2n) is 5.21. The molecule has 0 spiro atoms. The van der Waals surface area contributed by atoms with Crippen molar-refractivity contribution in [2.45, 2.75) is 16.3 Å². The Balaban J connectivity index is 1.86. The van der Waals surface area contributed by atoms with E-state index in [9.17, 15) is 0 Å². The molecule has 2 aromatic rings. The molecule has 0 bridgehead atoms. The molecule has 0 aromatic heterocycles. The van der Waals surface area contributed by atoms with Gasteiger partial charge in [0, 0.05) is 9.79 Å². The predicted octanol–water partition coefficient (Wildman–Crippen LogP) is 5.46. The number of hydrogen-bond acceptors (Lipinski definition) is 2. The molecule has 0 nitrogen and oxygen atoms in total. The molecule has 0 aliphatic heterocycles. The van der Waals surface area contributed by atoms with Crippen LogP contribution >= 0.6 is 23.5 Å². The quantitative estimate of drug-likeness (QED) is 0.392. The van der Waals surface area contributed by atoms with Crippen LogP contribution in [0.2, 0.25) is 6.55 Å². The molecule has 0 atom stereocenters. The summed E-state index contributed by atoms with van der Waals surface area (Å²) in [6, 6.07) is 20.7. The minimum atomic E-state index is -1.98. The SMILES string of the molecule is C=C[Si](C)(C#CCSc1ccccc1)C#CCSc1ccccc1. The Kier molecular flexibility index (Phi) is 7.85. The first-order valence-corrected chi connectivity index (χ1v) is 12.3. The van der Waals surface area contributed by atoms with Crippen molar-refractivity contribution in [3.05, 3.63) is 72.9 Å². The van der Waals surface area contributed by atoms with Crippen molar-refractivity contribution in [1.29, 1.82) is 0 Å². The van der Waals surface area contributed by atoms with E-state index in [4.69, 9.17) is 0 Å². The molecule has 0 radical (unpaired) electrons. The van der Waals surface area contributed by atoms with Gasteiger partial charge in [-0.05, 0) is 30.8 Å². The largest absolute Gasteiger partial charge is 0.235 e. The van der Waals surface area contributed by atoms with Crippen LogP contribution in [0.25, 0.3) is 0 Å². The zero-order valence-electron chi connectivity index (χ0n) is 13.8. The van der Waals surface area contributed by atoms with E-state index < -0.39 is 8.07 Å². The molecular formula is C21H20S2Si. The minimum Gasteiger partial charge on any atom is -0.113 e. The van der Waals surface area contributed by atoms with Crippen LogP contribution in [0.5, 0.6) is 0 Å². The van der Waals surface area contributed by atoms with Gasteiger partial charge in [0.15, 0.2) is 0 Å². The molecule has 120 valence electrons. The van der Waals surface area contributed by atoms with Crippen molar-refractivity contribution in [3.63, 3.8) is 0 Å². The fourth-order valence-corrected chi connectivity index (χ4v) is 4.60. The van der Waals surface area contributed by atoms with Gasteiger partial charge >= 0.3 is 0 Å². The lowest BCUT2D eigenvalue weighted by atomic mass is 10.4. The Labute approximate surface area is 155 Å². The summed E-state index contributed by atoms with van der Waals surface area (Å²) in [5.41, 5.74) is 8.73. The summed E-state index contributed by atoms with van der Waals surface area (Å²) in [6.07, 6.45) is 0. The molecule has 0 aliphatic rings. The second kappa shape index (κ2) is 10.2. The van der Waals surface area contributed by atoms with Gasteiger partial charge in [0.2, 0.25) is 8.07 Å². The Bertz CT molecular complexity index is 700.